The molecule has 0 bridgehead atoms. The minimum atomic E-state index is -5.39. The molecule has 1 atom stereocenters. The number of rotatable bonds is 8. The molecule has 14 nitrogen and oxygen atoms in total. The second-order valence-corrected chi connectivity index (χ2v) is 12.7. The fourth-order valence-electron chi connectivity index (χ4n) is 4.51. The summed E-state index contributed by atoms with van der Waals surface area (Å²) >= 11 is -3.11. The number of nitrogens with zero attached hydrogens (tertiary/aromatic N) is 1. The van der Waals surface area contributed by atoms with E-state index in [-0.39, 0.29) is 111 Å². The van der Waals surface area contributed by atoms with Crippen LogP contribution in [0.4, 0.5) is 22.7 Å². The second-order valence-electron chi connectivity index (χ2n) is 9.43. The normalized spacial score (nSPS) is 11.8. The molecule has 0 saturated heterocycles. The quantitative estimate of drug-likeness (QED) is 0.0586. The Morgan fingerprint density at radius 2 is 1.53 bits per heavy atom. The molecule has 0 aliphatic heterocycles. The molecule has 5 aromatic rings. The van der Waals surface area contributed by atoms with Gasteiger partial charge in [0, 0.05) is 45.2 Å². The van der Waals surface area contributed by atoms with Crippen LogP contribution in [0, 0.1) is 6.92 Å². The Balaban J connectivity index is 0.00000256. The van der Waals surface area contributed by atoms with Crippen LogP contribution in [0.25, 0.3) is 21.7 Å². The smallest absolute Gasteiger partial charge is 0.744 e. The Hall–Kier alpha value is -1.65. The number of aromatic nitrogens is 1. The molecule has 1 heterocycles. The summed E-state index contributed by atoms with van der Waals surface area (Å²) in [5.41, 5.74) is 7.87. The number of anilines is 4. The maximum absolute atomic E-state index is 12.8. The first-order valence-electron chi connectivity index (χ1n) is 12.2. The van der Waals surface area contributed by atoms with Gasteiger partial charge in [-0.15, -0.1) is 0 Å². The molecule has 1 unspecified atom stereocenters. The number of benzene rings is 4. The minimum absolute atomic E-state index is 0. The first-order chi connectivity index (χ1) is 20.6. The van der Waals surface area contributed by atoms with Gasteiger partial charge in [-0.25, -0.2) is 21.0 Å². The zero-order valence-corrected chi connectivity index (χ0v) is 33.7. The van der Waals surface area contributed by atoms with Crippen LogP contribution in [-0.4, -0.2) is 45.6 Å². The molecule has 0 spiro atoms. The first-order valence-corrected chi connectivity index (χ1v) is 16.1. The van der Waals surface area contributed by atoms with Gasteiger partial charge >= 0.3 is 88.7 Å². The number of carbonyl (C=O) groups excluding carboxylic acids is 1. The molecule has 1 aromatic heterocycles. The molecule has 20 heteroatoms. The molecule has 1 amide bonds. The van der Waals surface area contributed by atoms with Crippen LogP contribution in [-0.2, 0) is 31.6 Å². The zero-order chi connectivity index (χ0) is 32.0. The van der Waals surface area contributed by atoms with E-state index < -0.39 is 53.0 Å². The maximum Gasteiger partial charge on any atom is 1.00 e. The van der Waals surface area contributed by atoms with Crippen molar-refractivity contribution in [2.24, 2.45) is 0 Å². The number of hydrogen-bond acceptors (Lipinski definition) is 13. The number of amides is 1. The number of carbonyl (C=O) groups is 1. The second kappa shape index (κ2) is 16.4. The molecule has 0 fully saturated rings. The fourth-order valence-corrected chi connectivity index (χ4v) is 6.12. The maximum atomic E-state index is 12.8. The van der Waals surface area contributed by atoms with Gasteiger partial charge in [-0.05, 0) is 79.0 Å². The van der Waals surface area contributed by atoms with Crippen molar-refractivity contribution in [3.8, 4) is 5.75 Å². The summed E-state index contributed by atoms with van der Waals surface area (Å²) in [6.07, 6.45) is 0. The average Bonchev–Trinajstić information content (AvgIpc) is 2.91. The Labute approximate surface area is 338 Å². The average molecular weight is 725 g/mol. The number of nitrogens with two attached hydrogens (primary N) is 1. The van der Waals surface area contributed by atoms with Crippen molar-refractivity contribution in [3.05, 3.63) is 84.1 Å². The number of hydrogen-bond donors (Lipinski definition) is 3. The molecule has 0 radical (unpaired) electrons. The summed E-state index contributed by atoms with van der Waals surface area (Å²) < 4.78 is 99.4. The molecule has 0 aliphatic carbocycles. The van der Waals surface area contributed by atoms with Gasteiger partial charge in [0.25, 0.3) is 5.91 Å². The molecule has 4 N–H and O–H groups in total. The van der Waals surface area contributed by atoms with Crippen LogP contribution in [0.15, 0.2) is 82.6 Å². The predicted octanol–water partition coefficient (Wildman–Crippen LogP) is -5.73. The fraction of sp³-hybridized carbons (Fsp3) is 0.0370. The summed E-state index contributed by atoms with van der Waals surface area (Å²) in [4.78, 5) is 15.2. The third-order valence-corrected chi connectivity index (χ3v) is 8.32. The van der Waals surface area contributed by atoms with Crippen molar-refractivity contribution < 1.29 is 132 Å². The Kier molecular flexibility index (Phi) is 14.5. The monoisotopic (exact) mass is 724 g/mol. The van der Waals surface area contributed by atoms with E-state index in [4.69, 9.17) is 9.92 Å². The van der Waals surface area contributed by atoms with Gasteiger partial charge < -0.3 is 34.2 Å². The summed E-state index contributed by atoms with van der Waals surface area (Å²) in [5, 5.41) is 5.48. The molecule has 47 heavy (non-hydrogen) atoms. The van der Waals surface area contributed by atoms with Crippen molar-refractivity contribution in [2.75, 3.05) is 16.4 Å². The van der Waals surface area contributed by atoms with Crippen molar-refractivity contribution in [2.45, 2.75) is 16.7 Å². The van der Waals surface area contributed by atoms with Crippen LogP contribution in [0.3, 0.4) is 0 Å². The molecule has 5 rings (SSSR count). The third kappa shape index (κ3) is 9.96. The van der Waals surface area contributed by atoms with E-state index >= 15 is 0 Å². The molecular formula is C27H19N4Na3O10S3. The number of nitrogens with one attached hydrogen (secondary N) is 2. The van der Waals surface area contributed by atoms with Gasteiger partial charge in [0.1, 0.15) is 37.3 Å². The molecular weight excluding hydrogens is 705 g/mol. The predicted molar refractivity (Wildman–Crippen MR) is 158 cm³/mol. The largest absolute Gasteiger partial charge is 1.00 e. The van der Waals surface area contributed by atoms with E-state index in [2.05, 4.69) is 15.6 Å². The van der Waals surface area contributed by atoms with Crippen molar-refractivity contribution in [3.63, 3.8) is 0 Å². The van der Waals surface area contributed by atoms with Crippen LogP contribution in [0.1, 0.15) is 16.1 Å². The van der Waals surface area contributed by atoms with Crippen molar-refractivity contribution >= 4 is 81.9 Å². The van der Waals surface area contributed by atoms with Crippen molar-refractivity contribution in [1.29, 1.82) is 0 Å². The Morgan fingerprint density at radius 3 is 2.13 bits per heavy atom. The van der Waals surface area contributed by atoms with Crippen LogP contribution >= 0.6 is 0 Å². The number of fused-ring (bicyclic) bond motifs is 2. The van der Waals surface area contributed by atoms with Gasteiger partial charge in [0.2, 0.25) is 0 Å². The minimum Gasteiger partial charge on any atom is -0.744 e. The topological polar surface area (TPSA) is 244 Å². The van der Waals surface area contributed by atoms with Crippen molar-refractivity contribution in [1.82, 2.24) is 4.98 Å². The molecule has 4 aromatic carbocycles. The Bertz CT molecular complexity index is 2240. The number of nitrogen functional groups attached to an aromatic ring is 1. The van der Waals surface area contributed by atoms with Crippen LogP contribution < -0.4 is 109 Å². The standard InChI is InChI=1S/C27H22N4O10S3.3Na/c1-14-8-23(21-11-18(6-7-22(21)29-14)30-27(32)15-2-4-17(28)5-3-15)31-24-12-19(41-42(33)34)9-16-10-20(43(35,36)37)13-25(26(16)24)44(38,39)40;;;/h2-13H,28H2,1H3,(H,29,31)(H,30,32)(H,33,34)(H,35,36,37)(H,38,39,40);;;/q;3*+1/p-3. The summed E-state index contributed by atoms with van der Waals surface area (Å²) in [6.45, 7) is 1.67. The van der Waals surface area contributed by atoms with E-state index in [1.165, 1.54) is 0 Å². The first kappa shape index (κ1) is 41.5. The van der Waals surface area contributed by atoms with Crippen LogP contribution in [0.2, 0.25) is 0 Å². The number of pyridine rings is 1. The third-order valence-electron chi connectivity index (χ3n) is 6.32. The van der Waals surface area contributed by atoms with E-state index in [0.717, 1.165) is 18.2 Å². The van der Waals surface area contributed by atoms with Gasteiger partial charge in [-0.2, -0.15) is 0 Å². The summed E-state index contributed by atoms with van der Waals surface area (Å²) in [7, 11) is -10.6. The van der Waals surface area contributed by atoms with E-state index in [1.54, 1.807) is 55.5 Å². The Morgan fingerprint density at radius 1 is 0.872 bits per heavy atom. The zero-order valence-electron chi connectivity index (χ0n) is 25.3. The van der Waals surface area contributed by atoms with Gasteiger partial charge in [-0.1, -0.05) is 0 Å². The van der Waals surface area contributed by atoms with Gasteiger partial charge in [0.05, 0.1) is 21.0 Å². The van der Waals surface area contributed by atoms with Gasteiger partial charge in [-0.3, -0.25) is 9.78 Å². The van der Waals surface area contributed by atoms with E-state index in [9.17, 15) is 39.5 Å². The molecule has 0 aliphatic rings. The van der Waals surface area contributed by atoms with E-state index in [0.29, 0.717) is 39.6 Å². The summed E-state index contributed by atoms with van der Waals surface area (Å²) in [6, 6.07) is 15.8. The number of aryl methyl sites for hydroxylation is 1. The summed E-state index contributed by atoms with van der Waals surface area (Å²) in [5.74, 6) is -0.829. The molecule has 228 valence electrons. The van der Waals surface area contributed by atoms with E-state index in [1.807, 2.05) is 0 Å². The van der Waals surface area contributed by atoms with Crippen LogP contribution in [0.5, 0.6) is 5.75 Å². The van der Waals surface area contributed by atoms with Gasteiger partial charge in [0.15, 0.2) is 0 Å². The molecule has 0 saturated carbocycles. The SMILES string of the molecule is Cc1cc(Nc2cc(OS(=O)[O-])cc3cc(S(=O)(=O)[O-])cc(S(=O)(=O)[O-])c23)c2cc(NC(=O)c3ccc(N)cc3)ccc2n1.[Na+].[Na+].[Na+].